The van der Waals surface area contributed by atoms with Crippen LogP contribution in [0.5, 0.6) is 0 Å². The van der Waals surface area contributed by atoms with Crippen molar-refractivity contribution in [3.05, 3.63) is 118 Å². The van der Waals surface area contributed by atoms with Gasteiger partial charge in [-0.15, -0.1) is 0 Å². The molecule has 0 radical (unpaired) electrons. The van der Waals surface area contributed by atoms with Crippen LogP contribution in [0.1, 0.15) is 30.5 Å². The molecule has 2 fully saturated rings. The van der Waals surface area contributed by atoms with E-state index in [0.29, 0.717) is 0 Å². The number of azide groups is 1. The zero-order valence-electron chi connectivity index (χ0n) is 20.2. The highest BCUT2D eigenvalue weighted by Crippen LogP contribution is 2.42. The Hall–Kier alpha value is -3.23. The Balaban J connectivity index is 1.52. The minimum Gasteiger partial charge on any atom is -0.387 e. The molecule has 5 rings (SSSR count). The molecule has 0 aromatic heterocycles. The zero-order valence-corrected chi connectivity index (χ0v) is 20.2. The van der Waals surface area contributed by atoms with E-state index in [0.717, 1.165) is 16.7 Å². The summed E-state index contributed by atoms with van der Waals surface area (Å²) in [5.74, 6) is -0.866. The summed E-state index contributed by atoms with van der Waals surface area (Å²) < 4.78 is 24.4. The van der Waals surface area contributed by atoms with Gasteiger partial charge in [-0.2, -0.15) is 0 Å². The summed E-state index contributed by atoms with van der Waals surface area (Å²) >= 11 is 0. The number of hydrogen-bond acceptors (Lipinski definition) is 6. The Labute approximate surface area is 210 Å². The molecule has 0 aliphatic carbocycles. The molecule has 1 N–H and O–H groups in total. The fourth-order valence-corrected chi connectivity index (χ4v) is 5.07. The van der Waals surface area contributed by atoms with E-state index in [1.165, 1.54) is 0 Å². The molecule has 2 aliphatic rings. The molecule has 2 aliphatic heterocycles. The van der Waals surface area contributed by atoms with Crippen molar-refractivity contribution in [1.29, 1.82) is 0 Å². The molecular formula is C28H29N3O5. The quantitative estimate of drug-likeness (QED) is 0.210. The summed E-state index contributed by atoms with van der Waals surface area (Å²) in [5.41, 5.74) is 11.1. The largest absolute Gasteiger partial charge is 0.387 e. The van der Waals surface area contributed by atoms with Crippen molar-refractivity contribution >= 4 is 0 Å². The number of hydrogen-bond donors (Lipinski definition) is 1. The van der Waals surface area contributed by atoms with Gasteiger partial charge in [0.05, 0.1) is 12.6 Å². The zero-order chi connectivity index (χ0) is 25.2. The van der Waals surface area contributed by atoms with Crippen molar-refractivity contribution in [2.45, 2.75) is 55.9 Å². The lowest BCUT2D eigenvalue weighted by atomic mass is 9.80. The maximum atomic E-state index is 11.0. The molecule has 0 bridgehead atoms. The third-order valence-electron chi connectivity index (χ3n) is 6.64. The molecule has 0 spiro atoms. The summed E-state index contributed by atoms with van der Waals surface area (Å²) in [6.07, 6.45) is -3.33. The lowest BCUT2D eigenvalue weighted by Gasteiger charge is -2.37. The van der Waals surface area contributed by atoms with Gasteiger partial charge in [-0.25, -0.2) is 0 Å². The third kappa shape index (κ3) is 4.51. The van der Waals surface area contributed by atoms with Crippen molar-refractivity contribution in [3.63, 3.8) is 0 Å². The first kappa shape index (κ1) is 24.5. The van der Waals surface area contributed by atoms with Crippen LogP contribution in [0.15, 0.2) is 96.1 Å². The highest BCUT2D eigenvalue weighted by Gasteiger charge is 2.56. The molecule has 8 heteroatoms. The normalized spacial score (nSPS) is 25.6. The molecular weight excluding hydrogens is 458 g/mol. The molecule has 0 amide bonds. The summed E-state index contributed by atoms with van der Waals surface area (Å²) in [6.45, 7) is 3.50. The summed E-state index contributed by atoms with van der Waals surface area (Å²) in [7, 11) is 0. The van der Waals surface area contributed by atoms with Gasteiger partial charge in [0, 0.05) is 4.91 Å². The number of ether oxygens (including phenoxy) is 4. The van der Waals surface area contributed by atoms with Crippen LogP contribution >= 0.6 is 0 Å². The Kier molecular flexibility index (Phi) is 6.81. The van der Waals surface area contributed by atoms with E-state index in [9.17, 15) is 10.6 Å². The van der Waals surface area contributed by atoms with Gasteiger partial charge in [0.2, 0.25) is 0 Å². The van der Waals surface area contributed by atoms with E-state index >= 15 is 0 Å². The first-order valence-corrected chi connectivity index (χ1v) is 12.0. The fraction of sp³-hybridized carbons (Fsp3) is 0.357. The van der Waals surface area contributed by atoms with Crippen LogP contribution in [0.3, 0.4) is 0 Å². The second-order valence-corrected chi connectivity index (χ2v) is 9.42. The number of fused-ring (bicyclic) bond motifs is 1. The number of benzene rings is 3. The van der Waals surface area contributed by atoms with E-state index in [1.54, 1.807) is 13.8 Å². The molecule has 2 heterocycles. The van der Waals surface area contributed by atoms with Gasteiger partial charge in [-0.1, -0.05) is 96.1 Å². The van der Waals surface area contributed by atoms with Gasteiger partial charge < -0.3 is 24.1 Å². The average Bonchev–Trinajstić information content (AvgIpc) is 3.37. The molecule has 186 valence electrons. The Morgan fingerprint density at radius 2 is 1.42 bits per heavy atom. The second-order valence-electron chi connectivity index (χ2n) is 9.42. The van der Waals surface area contributed by atoms with Crippen molar-refractivity contribution in [2.75, 3.05) is 6.61 Å². The van der Waals surface area contributed by atoms with E-state index < -0.39 is 42.0 Å². The molecule has 0 saturated carbocycles. The van der Waals surface area contributed by atoms with Gasteiger partial charge >= 0.3 is 0 Å². The maximum absolute atomic E-state index is 11.0. The van der Waals surface area contributed by atoms with E-state index in [1.807, 2.05) is 91.0 Å². The van der Waals surface area contributed by atoms with Crippen LogP contribution in [0, 0.1) is 0 Å². The van der Waals surface area contributed by atoms with Crippen LogP contribution in [0.4, 0.5) is 0 Å². The smallest absolute Gasteiger partial charge is 0.190 e. The third-order valence-corrected chi connectivity index (χ3v) is 6.64. The Morgan fingerprint density at radius 3 is 1.86 bits per heavy atom. The fourth-order valence-electron chi connectivity index (χ4n) is 5.07. The van der Waals surface area contributed by atoms with E-state index in [2.05, 4.69) is 10.0 Å². The summed E-state index contributed by atoms with van der Waals surface area (Å²) in [5, 5.41) is 15.0. The standard InChI is InChI=1S/C28H29N3O5/c1-27(2)35-25-23(32)24(34-26(25)36-27)22(30-31-29)18-33-28(19-12-6-3-7-13-19,20-14-8-4-9-15-20)21-16-10-5-11-17-21/h3-17,22-26,32H,18H2,1-2H3/t22-,23-,24+,25+,26+/m0/s1. The van der Waals surface area contributed by atoms with Crippen molar-refractivity contribution in [1.82, 2.24) is 0 Å². The minimum atomic E-state index is -1.05. The van der Waals surface area contributed by atoms with Gasteiger partial charge in [-0.05, 0) is 36.1 Å². The monoisotopic (exact) mass is 487 g/mol. The second kappa shape index (κ2) is 10.0. The predicted molar refractivity (Wildman–Crippen MR) is 133 cm³/mol. The molecule has 2 saturated heterocycles. The first-order chi connectivity index (χ1) is 17.4. The van der Waals surface area contributed by atoms with Crippen molar-refractivity contribution in [2.24, 2.45) is 5.11 Å². The average molecular weight is 488 g/mol. The lowest BCUT2D eigenvalue weighted by molar-refractivity contribution is -0.218. The van der Waals surface area contributed by atoms with E-state index in [4.69, 9.17) is 18.9 Å². The summed E-state index contributed by atoms with van der Waals surface area (Å²) in [6, 6.07) is 28.9. The maximum Gasteiger partial charge on any atom is 0.190 e. The molecule has 0 unspecified atom stereocenters. The van der Waals surface area contributed by atoms with Crippen LogP contribution < -0.4 is 0 Å². The minimum absolute atomic E-state index is 0.0205. The number of aliphatic hydroxyl groups is 1. The number of aliphatic hydroxyl groups excluding tert-OH is 1. The lowest BCUT2D eigenvalue weighted by Crippen LogP contribution is -2.44. The topological polar surface area (TPSA) is 106 Å². The van der Waals surface area contributed by atoms with E-state index in [-0.39, 0.29) is 6.61 Å². The molecule has 5 atom stereocenters. The molecule has 36 heavy (non-hydrogen) atoms. The highest BCUT2D eigenvalue weighted by atomic mass is 16.8. The van der Waals surface area contributed by atoms with Gasteiger partial charge in [-0.3, -0.25) is 0 Å². The molecule has 8 nitrogen and oxygen atoms in total. The summed E-state index contributed by atoms with van der Waals surface area (Å²) in [4.78, 5) is 3.03. The van der Waals surface area contributed by atoms with Gasteiger partial charge in [0.25, 0.3) is 0 Å². The van der Waals surface area contributed by atoms with Crippen molar-refractivity contribution in [3.8, 4) is 0 Å². The van der Waals surface area contributed by atoms with Crippen LogP contribution in [0.25, 0.3) is 10.4 Å². The number of rotatable bonds is 8. The molecule has 3 aromatic carbocycles. The Morgan fingerprint density at radius 1 is 0.917 bits per heavy atom. The highest BCUT2D eigenvalue weighted by molar-refractivity contribution is 5.47. The number of nitrogens with zero attached hydrogens (tertiary/aromatic N) is 3. The van der Waals surface area contributed by atoms with Crippen LogP contribution in [0.2, 0.25) is 0 Å². The van der Waals surface area contributed by atoms with Crippen molar-refractivity contribution < 1.29 is 24.1 Å². The van der Waals surface area contributed by atoms with Gasteiger partial charge in [0.15, 0.2) is 12.1 Å². The van der Waals surface area contributed by atoms with Gasteiger partial charge in [0.1, 0.15) is 23.9 Å². The van der Waals surface area contributed by atoms with Crippen LogP contribution in [-0.2, 0) is 24.5 Å². The predicted octanol–water partition coefficient (Wildman–Crippen LogP) is 4.91. The van der Waals surface area contributed by atoms with Crippen LogP contribution in [-0.4, -0.2) is 48.1 Å². The first-order valence-electron chi connectivity index (χ1n) is 12.0. The Bertz CT molecular complexity index is 1100. The molecule has 3 aromatic rings. The SMILES string of the molecule is CC1(C)O[C@H]2O[C@H]([C@H](COC(c3ccccc3)(c3ccccc3)c3ccccc3)N=[N+]=[N-])[C@H](O)[C@H]2O1.